The fraction of sp³-hybridized carbons (Fsp3) is 0.294. The molecule has 2 rings (SSSR count). The second kappa shape index (κ2) is 5.83. The zero-order valence-electron chi connectivity index (χ0n) is 10.9. The predicted octanol–water partition coefficient (Wildman–Crippen LogP) is 4.10. The van der Waals surface area contributed by atoms with E-state index >= 15 is 0 Å². The smallest absolute Gasteiger partial charge is 0.0583 e. The van der Waals surface area contributed by atoms with Gasteiger partial charge in [-0.3, -0.25) is 0 Å². The number of fused-ring (bicyclic) bond motifs is 1. The van der Waals surface area contributed by atoms with Crippen LogP contribution >= 0.6 is 0 Å². The fourth-order valence-electron chi connectivity index (χ4n) is 2.24. The normalized spacial score (nSPS) is 12.6. The topological polar surface area (TPSA) is 20.2 Å². The van der Waals surface area contributed by atoms with Gasteiger partial charge in [-0.1, -0.05) is 48.0 Å². The Balaban J connectivity index is 2.14. The van der Waals surface area contributed by atoms with E-state index in [-0.39, 0.29) is 6.10 Å². The van der Waals surface area contributed by atoms with Gasteiger partial charge in [0.15, 0.2) is 0 Å². The summed E-state index contributed by atoms with van der Waals surface area (Å²) in [4.78, 5) is 0. The summed E-state index contributed by atoms with van der Waals surface area (Å²) in [5.41, 5.74) is 2.36. The Hall–Kier alpha value is -1.60. The van der Waals surface area contributed by atoms with Crippen LogP contribution in [-0.2, 0) is 6.42 Å². The molecule has 2 aromatic carbocycles. The standard InChI is InChI=1S/C17H20O/c1-13(2)10-11-16(18)12-15-8-5-7-14-6-3-4-9-17(14)15/h3-9,16,18H,1,10-12H2,2H3. The first-order chi connectivity index (χ1) is 8.66. The number of aliphatic hydroxyl groups excluding tert-OH is 1. The van der Waals surface area contributed by atoms with Crippen LogP contribution in [0.5, 0.6) is 0 Å². The lowest BCUT2D eigenvalue weighted by Gasteiger charge is -2.12. The SMILES string of the molecule is C=C(C)CCC(O)Cc1cccc2ccccc12. The molecule has 0 fully saturated rings. The fourth-order valence-corrected chi connectivity index (χ4v) is 2.24. The highest BCUT2D eigenvalue weighted by atomic mass is 16.3. The third-order valence-electron chi connectivity index (χ3n) is 3.24. The van der Waals surface area contributed by atoms with Gasteiger partial charge in [-0.25, -0.2) is 0 Å². The predicted molar refractivity (Wildman–Crippen MR) is 77.7 cm³/mol. The van der Waals surface area contributed by atoms with Gasteiger partial charge in [0, 0.05) is 0 Å². The Morgan fingerprint density at radius 2 is 1.89 bits per heavy atom. The van der Waals surface area contributed by atoms with Gasteiger partial charge >= 0.3 is 0 Å². The monoisotopic (exact) mass is 240 g/mol. The number of aliphatic hydroxyl groups is 1. The van der Waals surface area contributed by atoms with Gasteiger partial charge in [0.1, 0.15) is 0 Å². The van der Waals surface area contributed by atoms with E-state index in [1.165, 1.54) is 16.3 Å². The van der Waals surface area contributed by atoms with Gasteiger partial charge in [-0.05, 0) is 42.5 Å². The molecule has 0 aliphatic carbocycles. The van der Waals surface area contributed by atoms with E-state index in [1.807, 2.05) is 19.1 Å². The van der Waals surface area contributed by atoms with Crippen molar-refractivity contribution in [2.75, 3.05) is 0 Å². The molecule has 0 aromatic heterocycles. The van der Waals surface area contributed by atoms with Crippen LogP contribution in [0.2, 0.25) is 0 Å². The summed E-state index contributed by atoms with van der Waals surface area (Å²) in [5.74, 6) is 0. The molecule has 1 atom stereocenters. The molecule has 0 saturated heterocycles. The van der Waals surface area contributed by atoms with E-state index in [4.69, 9.17) is 0 Å². The van der Waals surface area contributed by atoms with Crippen LogP contribution in [0.3, 0.4) is 0 Å². The Morgan fingerprint density at radius 1 is 1.17 bits per heavy atom. The van der Waals surface area contributed by atoms with Gasteiger partial charge < -0.3 is 5.11 Å². The lowest BCUT2D eigenvalue weighted by molar-refractivity contribution is 0.165. The molecule has 2 aromatic rings. The van der Waals surface area contributed by atoms with Crippen LogP contribution in [0.25, 0.3) is 10.8 Å². The Morgan fingerprint density at radius 3 is 2.67 bits per heavy atom. The summed E-state index contributed by atoms with van der Waals surface area (Å²) in [5, 5.41) is 12.6. The Labute approximate surface area is 109 Å². The third-order valence-corrected chi connectivity index (χ3v) is 3.24. The molecule has 0 aliphatic rings. The van der Waals surface area contributed by atoms with E-state index in [1.54, 1.807) is 0 Å². The maximum atomic E-state index is 10.1. The molecule has 0 heterocycles. The zero-order chi connectivity index (χ0) is 13.0. The molecule has 0 radical (unpaired) electrons. The largest absolute Gasteiger partial charge is 0.393 e. The molecule has 1 heteroatoms. The molecule has 18 heavy (non-hydrogen) atoms. The number of allylic oxidation sites excluding steroid dienone is 1. The van der Waals surface area contributed by atoms with Crippen molar-refractivity contribution in [1.82, 2.24) is 0 Å². The van der Waals surface area contributed by atoms with Crippen LogP contribution in [0.1, 0.15) is 25.3 Å². The van der Waals surface area contributed by atoms with Gasteiger partial charge in [0.25, 0.3) is 0 Å². The summed E-state index contributed by atoms with van der Waals surface area (Å²) < 4.78 is 0. The lowest BCUT2D eigenvalue weighted by atomic mass is 9.97. The minimum Gasteiger partial charge on any atom is -0.393 e. The number of hydrogen-bond acceptors (Lipinski definition) is 1. The molecule has 1 nitrogen and oxygen atoms in total. The number of rotatable bonds is 5. The average Bonchev–Trinajstić information content (AvgIpc) is 2.37. The van der Waals surface area contributed by atoms with Crippen molar-refractivity contribution < 1.29 is 5.11 Å². The van der Waals surface area contributed by atoms with E-state index in [0.29, 0.717) is 6.42 Å². The van der Waals surface area contributed by atoms with Crippen molar-refractivity contribution in [2.45, 2.75) is 32.3 Å². The molecule has 94 valence electrons. The molecule has 0 saturated carbocycles. The van der Waals surface area contributed by atoms with Gasteiger partial charge in [0.2, 0.25) is 0 Å². The van der Waals surface area contributed by atoms with Crippen molar-refractivity contribution in [3.63, 3.8) is 0 Å². The van der Waals surface area contributed by atoms with Crippen LogP contribution < -0.4 is 0 Å². The molecule has 0 aliphatic heterocycles. The first kappa shape index (κ1) is 12.8. The third kappa shape index (κ3) is 3.21. The van der Waals surface area contributed by atoms with Crippen LogP contribution in [-0.4, -0.2) is 11.2 Å². The maximum Gasteiger partial charge on any atom is 0.0583 e. The summed E-state index contributed by atoms with van der Waals surface area (Å²) in [6, 6.07) is 14.6. The average molecular weight is 240 g/mol. The minimum absolute atomic E-state index is 0.285. The van der Waals surface area contributed by atoms with Crippen molar-refractivity contribution in [3.05, 3.63) is 60.2 Å². The summed E-state index contributed by atoms with van der Waals surface area (Å²) in [6.07, 6.45) is 2.12. The van der Waals surface area contributed by atoms with Gasteiger partial charge in [-0.15, -0.1) is 6.58 Å². The minimum atomic E-state index is -0.285. The first-order valence-corrected chi connectivity index (χ1v) is 6.46. The molecule has 0 bridgehead atoms. The van der Waals surface area contributed by atoms with E-state index in [2.05, 4.69) is 36.9 Å². The van der Waals surface area contributed by atoms with Crippen LogP contribution in [0.15, 0.2) is 54.6 Å². The number of benzene rings is 2. The zero-order valence-corrected chi connectivity index (χ0v) is 10.9. The highest BCUT2D eigenvalue weighted by Gasteiger charge is 2.08. The molecule has 1 unspecified atom stereocenters. The van der Waals surface area contributed by atoms with Crippen molar-refractivity contribution >= 4 is 10.8 Å². The van der Waals surface area contributed by atoms with Gasteiger partial charge in [0.05, 0.1) is 6.10 Å². The summed E-state index contributed by atoms with van der Waals surface area (Å²) in [7, 11) is 0. The summed E-state index contributed by atoms with van der Waals surface area (Å²) >= 11 is 0. The molecular formula is C17H20O. The van der Waals surface area contributed by atoms with Gasteiger partial charge in [-0.2, -0.15) is 0 Å². The Kier molecular flexibility index (Phi) is 4.16. The quantitative estimate of drug-likeness (QED) is 0.780. The number of hydrogen-bond donors (Lipinski definition) is 1. The molecular weight excluding hydrogens is 220 g/mol. The lowest BCUT2D eigenvalue weighted by Crippen LogP contribution is -2.10. The van der Waals surface area contributed by atoms with Crippen LogP contribution in [0, 0.1) is 0 Å². The first-order valence-electron chi connectivity index (χ1n) is 6.46. The molecule has 1 N–H and O–H groups in total. The molecule has 0 spiro atoms. The maximum absolute atomic E-state index is 10.1. The van der Waals surface area contributed by atoms with Crippen molar-refractivity contribution in [2.24, 2.45) is 0 Å². The van der Waals surface area contributed by atoms with E-state index < -0.39 is 0 Å². The highest BCUT2D eigenvalue weighted by molar-refractivity contribution is 5.85. The van der Waals surface area contributed by atoms with E-state index in [9.17, 15) is 5.11 Å². The second-order valence-electron chi connectivity index (χ2n) is 4.99. The Bertz CT molecular complexity index is 537. The van der Waals surface area contributed by atoms with Crippen LogP contribution in [0.4, 0.5) is 0 Å². The summed E-state index contributed by atoms with van der Waals surface area (Å²) in [6.45, 7) is 5.88. The highest BCUT2D eigenvalue weighted by Crippen LogP contribution is 2.21. The molecule has 0 amide bonds. The van der Waals surface area contributed by atoms with E-state index in [0.717, 1.165) is 18.4 Å². The van der Waals surface area contributed by atoms with Crippen molar-refractivity contribution in [3.8, 4) is 0 Å². The van der Waals surface area contributed by atoms with Crippen molar-refractivity contribution in [1.29, 1.82) is 0 Å². The second-order valence-corrected chi connectivity index (χ2v) is 4.99.